The number of rotatable bonds is 9. The molecule has 2 aromatic heterocycles. The molecule has 1 amide bonds. The molecule has 216 valence electrons. The minimum atomic E-state index is -0.764. The van der Waals surface area contributed by atoms with Gasteiger partial charge in [-0.3, -0.25) is 4.79 Å². The van der Waals surface area contributed by atoms with E-state index < -0.39 is 11.6 Å². The van der Waals surface area contributed by atoms with Crippen molar-refractivity contribution in [1.82, 2.24) is 14.9 Å². The van der Waals surface area contributed by atoms with Gasteiger partial charge in [0.2, 0.25) is 5.88 Å². The molecule has 0 radical (unpaired) electrons. The van der Waals surface area contributed by atoms with E-state index >= 15 is 0 Å². The Kier molecular flexibility index (Phi) is 7.97. The largest absolute Gasteiger partial charge is 0.497 e. The van der Waals surface area contributed by atoms with Crippen molar-refractivity contribution in [3.05, 3.63) is 95.7 Å². The minimum absolute atomic E-state index is 0.0116. The van der Waals surface area contributed by atoms with Crippen molar-refractivity contribution in [1.29, 1.82) is 0 Å². The van der Waals surface area contributed by atoms with Crippen molar-refractivity contribution in [3.63, 3.8) is 0 Å². The summed E-state index contributed by atoms with van der Waals surface area (Å²) in [5.41, 5.74) is 2.28. The van der Waals surface area contributed by atoms with Gasteiger partial charge >= 0.3 is 0 Å². The molecular weight excluding hydrogens is 542 g/mol. The molecule has 0 aliphatic heterocycles. The fourth-order valence-corrected chi connectivity index (χ4v) is 4.71. The summed E-state index contributed by atoms with van der Waals surface area (Å²) in [6.07, 6.45) is 1.61. The Morgan fingerprint density at radius 3 is 2.36 bits per heavy atom. The molecule has 0 saturated carbocycles. The molecule has 0 fully saturated rings. The first-order valence-corrected chi connectivity index (χ1v) is 13.2. The van der Waals surface area contributed by atoms with Crippen LogP contribution in [-0.2, 0) is 6.54 Å². The first kappa shape index (κ1) is 28.4. The van der Waals surface area contributed by atoms with Gasteiger partial charge in [-0.2, -0.15) is 0 Å². The SMILES string of the molecule is COc1ccc(Cn2cc3nc(-c4c(F)cccc4F)cc(Nc4ccc(C(=O)NC(C)C)cc4)c3c2O)c(OC)c1. The van der Waals surface area contributed by atoms with E-state index in [-0.39, 0.29) is 35.6 Å². The number of carbonyl (C=O) groups excluding carboxylic acids is 1. The van der Waals surface area contributed by atoms with Crippen molar-refractivity contribution >= 4 is 28.2 Å². The van der Waals surface area contributed by atoms with Crippen LogP contribution in [0, 0.1) is 11.6 Å². The summed E-state index contributed by atoms with van der Waals surface area (Å²) < 4.78 is 42.0. The molecule has 0 atom stereocenters. The highest BCUT2D eigenvalue weighted by molar-refractivity contribution is 6.00. The molecule has 0 unspecified atom stereocenters. The highest BCUT2D eigenvalue weighted by atomic mass is 19.1. The number of hydrogen-bond donors (Lipinski definition) is 3. The number of hydrogen-bond acceptors (Lipinski definition) is 6. The van der Waals surface area contributed by atoms with Gasteiger partial charge < -0.3 is 29.8 Å². The lowest BCUT2D eigenvalue weighted by Gasteiger charge is -2.13. The van der Waals surface area contributed by atoms with Crippen molar-refractivity contribution in [2.24, 2.45) is 0 Å². The molecule has 3 aromatic carbocycles. The Morgan fingerprint density at radius 1 is 1.00 bits per heavy atom. The van der Waals surface area contributed by atoms with E-state index in [0.29, 0.717) is 39.3 Å². The number of nitrogens with one attached hydrogen (secondary N) is 2. The van der Waals surface area contributed by atoms with Crippen LogP contribution >= 0.6 is 0 Å². The molecule has 42 heavy (non-hydrogen) atoms. The summed E-state index contributed by atoms with van der Waals surface area (Å²) in [6.45, 7) is 3.97. The number of aromatic nitrogens is 2. The summed E-state index contributed by atoms with van der Waals surface area (Å²) in [5, 5.41) is 17.8. The first-order valence-electron chi connectivity index (χ1n) is 13.2. The fraction of sp³-hybridized carbons (Fsp3) is 0.188. The van der Waals surface area contributed by atoms with Gasteiger partial charge in [-0.15, -0.1) is 0 Å². The molecule has 0 aliphatic carbocycles. The van der Waals surface area contributed by atoms with Gasteiger partial charge in [-0.1, -0.05) is 6.07 Å². The second-order valence-corrected chi connectivity index (χ2v) is 10.0. The Labute approximate surface area is 241 Å². The van der Waals surface area contributed by atoms with E-state index in [1.807, 2.05) is 19.9 Å². The van der Waals surface area contributed by atoms with Gasteiger partial charge in [0.25, 0.3) is 5.91 Å². The first-order chi connectivity index (χ1) is 20.2. The molecule has 3 N–H and O–H groups in total. The highest BCUT2D eigenvalue weighted by Crippen LogP contribution is 2.39. The number of halogens is 2. The van der Waals surface area contributed by atoms with Crippen LogP contribution in [0.1, 0.15) is 29.8 Å². The summed E-state index contributed by atoms with van der Waals surface area (Å²) in [5.74, 6) is -0.654. The van der Waals surface area contributed by atoms with Crippen LogP contribution in [0.15, 0.2) is 72.9 Å². The molecule has 2 heterocycles. The zero-order valence-corrected chi connectivity index (χ0v) is 23.5. The maximum absolute atomic E-state index is 14.8. The Balaban J connectivity index is 1.60. The van der Waals surface area contributed by atoms with Crippen LogP contribution < -0.4 is 20.1 Å². The third-order valence-electron chi connectivity index (χ3n) is 6.72. The second-order valence-electron chi connectivity index (χ2n) is 10.0. The van der Waals surface area contributed by atoms with Gasteiger partial charge in [-0.05, 0) is 68.4 Å². The Morgan fingerprint density at radius 2 is 1.71 bits per heavy atom. The zero-order valence-electron chi connectivity index (χ0n) is 23.5. The zero-order chi connectivity index (χ0) is 30.0. The van der Waals surface area contributed by atoms with Gasteiger partial charge in [0.05, 0.1) is 48.6 Å². The third kappa shape index (κ3) is 5.69. The van der Waals surface area contributed by atoms with Crippen LogP contribution in [0.5, 0.6) is 17.4 Å². The van der Waals surface area contributed by atoms with Gasteiger partial charge in [0, 0.05) is 35.1 Å². The van der Waals surface area contributed by atoms with E-state index in [9.17, 15) is 18.7 Å². The number of ether oxygens (including phenoxy) is 2. The van der Waals surface area contributed by atoms with E-state index in [1.54, 1.807) is 61.4 Å². The van der Waals surface area contributed by atoms with E-state index in [0.717, 1.165) is 17.7 Å². The topological polar surface area (TPSA) is 97.6 Å². The second kappa shape index (κ2) is 11.8. The summed E-state index contributed by atoms with van der Waals surface area (Å²) >= 11 is 0. The third-order valence-corrected chi connectivity index (χ3v) is 6.72. The molecule has 0 spiro atoms. The molecule has 0 bridgehead atoms. The Hall–Kier alpha value is -5.12. The molecule has 0 saturated heterocycles. The molecule has 0 aliphatic rings. The average Bonchev–Trinajstić information content (AvgIpc) is 3.28. The molecular formula is C32H30F2N4O4. The lowest BCUT2D eigenvalue weighted by atomic mass is 10.1. The van der Waals surface area contributed by atoms with Crippen molar-refractivity contribution in [3.8, 4) is 28.6 Å². The number of anilines is 2. The molecule has 8 nitrogen and oxygen atoms in total. The lowest BCUT2D eigenvalue weighted by Crippen LogP contribution is -2.29. The van der Waals surface area contributed by atoms with Crippen molar-refractivity contribution in [2.75, 3.05) is 19.5 Å². The minimum Gasteiger partial charge on any atom is -0.497 e. The average molecular weight is 573 g/mol. The smallest absolute Gasteiger partial charge is 0.251 e. The van der Waals surface area contributed by atoms with Gasteiger partial charge in [0.1, 0.15) is 23.1 Å². The highest BCUT2D eigenvalue weighted by Gasteiger charge is 2.21. The molecule has 10 heteroatoms. The van der Waals surface area contributed by atoms with Crippen LogP contribution in [-0.4, -0.2) is 40.8 Å². The van der Waals surface area contributed by atoms with Crippen LogP contribution in [0.2, 0.25) is 0 Å². The van der Waals surface area contributed by atoms with E-state index in [2.05, 4.69) is 15.6 Å². The van der Waals surface area contributed by atoms with Crippen molar-refractivity contribution < 1.29 is 28.2 Å². The van der Waals surface area contributed by atoms with Crippen LogP contribution in [0.3, 0.4) is 0 Å². The maximum atomic E-state index is 14.8. The van der Waals surface area contributed by atoms with Crippen molar-refractivity contribution in [2.45, 2.75) is 26.4 Å². The molecule has 5 rings (SSSR count). The van der Waals surface area contributed by atoms with Gasteiger partial charge in [0.15, 0.2) is 0 Å². The molecule has 5 aromatic rings. The number of nitrogens with zero attached hydrogens (tertiary/aromatic N) is 2. The quantitative estimate of drug-likeness (QED) is 0.183. The summed E-state index contributed by atoms with van der Waals surface area (Å²) in [7, 11) is 3.10. The van der Waals surface area contributed by atoms with E-state index in [1.165, 1.54) is 12.1 Å². The summed E-state index contributed by atoms with van der Waals surface area (Å²) in [4.78, 5) is 16.9. The number of amides is 1. The number of methoxy groups -OCH3 is 2. The number of aromatic hydroxyl groups is 1. The predicted molar refractivity (Wildman–Crippen MR) is 158 cm³/mol. The number of benzene rings is 3. The normalized spacial score (nSPS) is 11.1. The number of pyridine rings is 1. The standard InChI is InChI=1S/C32H30F2N4O4/c1-18(2)35-31(39)19-8-11-21(12-9-19)36-26-15-25(29-23(33)6-5-7-24(29)34)37-27-17-38(32(40)30(26)27)16-20-10-13-22(41-3)14-28(20)42-4/h5-15,17-18,36,40H,16H2,1-4H3,(H,35,39). The fourth-order valence-electron chi connectivity index (χ4n) is 4.71. The monoisotopic (exact) mass is 572 g/mol. The van der Waals surface area contributed by atoms with Gasteiger partial charge in [-0.25, -0.2) is 13.8 Å². The van der Waals surface area contributed by atoms with E-state index in [4.69, 9.17) is 9.47 Å². The Bertz CT molecular complexity index is 1750. The number of carbonyl (C=O) groups is 1. The van der Waals surface area contributed by atoms with Crippen LogP contribution in [0.25, 0.3) is 22.2 Å². The maximum Gasteiger partial charge on any atom is 0.251 e. The lowest BCUT2D eigenvalue weighted by molar-refractivity contribution is 0.0943. The summed E-state index contributed by atoms with van der Waals surface area (Å²) in [6, 6.07) is 17.2. The number of fused-ring (bicyclic) bond motifs is 1. The predicted octanol–water partition coefficient (Wildman–Crippen LogP) is 6.63. The van der Waals surface area contributed by atoms with Crippen LogP contribution in [0.4, 0.5) is 20.2 Å².